The lowest BCUT2D eigenvalue weighted by Gasteiger charge is -2.15. The zero-order valence-corrected chi connectivity index (χ0v) is 16.3. The molecule has 0 bridgehead atoms. The van der Waals surface area contributed by atoms with E-state index in [4.69, 9.17) is 12.2 Å². The molecule has 0 atom stereocenters. The number of hydrogen-bond acceptors (Lipinski definition) is 6. The van der Waals surface area contributed by atoms with E-state index >= 15 is 0 Å². The lowest BCUT2D eigenvalue weighted by Crippen LogP contribution is -2.27. The van der Waals surface area contributed by atoms with Gasteiger partial charge in [-0.05, 0) is 37.3 Å². The van der Waals surface area contributed by atoms with Gasteiger partial charge >= 0.3 is 0 Å². The number of amides is 1. The number of thioether (sulfide) groups is 1. The van der Waals surface area contributed by atoms with E-state index in [1.807, 2.05) is 0 Å². The number of carbonyl (C=O) groups is 2. The minimum absolute atomic E-state index is 0.0132. The molecule has 0 N–H and O–H groups in total. The number of nitro benzene ring substituents is 1. The maximum Gasteiger partial charge on any atom is 0.276 e. The second kappa shape index (κ2) is 8.28. The van der Waals surface area contributed by atoms with Crippen molar-refractivity contribution in [2.75, 3.05) is 4.90 Å². The third-order valence-corrected chi connectivity index (χ3v) is 5.28. The minimum atomic E-state index is -0.457. The first-order valence-electron chi connectivity index (χ1n) is 8.17. The number of hydrogen-bond donors (Lipinski definition) is 0. The molecule has 6 nitrogen and oxygen atoms in total. The third-order valence-electron chi connectivity index (χ3n) is 3.96. The summed E-state index contributed by atoms with van der Waals surface area (Å²) < 4.78 is 0.357. The van der Waals surface area contributed by atoms with Crippen molar-refractivity contribution in [1.29, 1.82) is 0 Å². The van der Waals surface area contributed by atoms with Crippen molar-refractivity contribution in [1.82, 2.24) is 0 Å². The summed E-state index contributed by atoms with van der Waals surface area (Å²) in [6.45, 7) is 1.46. The number of ketones is 1. The second-order valence-electron chi connectivity index (χ2n) is 5.82. The maximum atomic E-state index is 12.7. The van der Waals surface area contributed by atoms with Gasteiger partial charge in [0.15, 0.2) is 10.1 Å². The van der Waals surface area contributed by atoms with Crippen molar-refractivity contribution in [3.63, 3.8) is 0 Å². The number of para-hydroxylation sites is 1. The number of Topliss-reactive ketones (excluding diaryl/α,β-unsaturated/α-hetero) is 1. The number of allylic oxidation sites excluding steroid dienone is 2. The van der Waals surface area contributed by atoms with Crippen molar-refractivity contribution in [2.24, 2.45) is 0 Å². The highest BCUT2D eigenvalue weighted by atomic mass is 32.2. The first-order valence-corrected chi connectivity index (χ1v) is 9.40. The zero-order chi connectivity index (χ0) is 20.3. The number of thiocarbonyl (C=S) groups is 1. The lowest BCUT2D eigenvalue weighted by molar-refractivity contribution is -0.385. The lowest BCUT2D eigenvalue weighted by atomic mass is 10.1. The van der Waals surface area contributed by atoms with Gasteiger partial charge in [-0.2, -0.15) is 0 Å². The molecule has 3 rings (SSSR count). The maximum absolute atomic E-state index is 12.7. The summed E-state index contributed by atoms with van der Waals surface area (Å²) in [5, 5.41) is 11.1. The van der Waals surface area contributed by atoms with E-state index < -0.39 is 4.92 Å². The Morgan fingerprint density at radius 3 is 2.68 bits per heavy atom. The van der Waals surface area contributed by atoms with Gasteiger partial charge in [0.05, 0.1) is 21.1 Å². The highest BCUT2D eigenvalue weighted by Crippen LogP contribution is 2.35. The van der Waals surface area contributed by atoms with E-state index in [0.29, 0.717) is 26.0 Å². The highest BCUT2D eigenvalue weighted by molar-refractivity contribution is 8.27. The molecule has 1 amide bonds. The second-order valence-corrected chi connectivity index (χ2v) is 7.50. The van der Waals surface area contributed by atoms with Crippen LogP contribution in [0.15, 0.2) is 65.6 Å². The molecule has 1 aliphatic heterocycles. The Morgan fingerprint density at radius 2 is 1.96 bits per heavy atom. The molecule has 0 unspecified atom stereocenters. The Balaban J connectivity index is 1.85. The predicted molar refractivity (Wildman–Crippen MR) is 114 cm³/mol. The van der Waals surface area contributed by atoms with Crippen LogP contribution in [0.2, 0.25) is 0 Å². The Bertz CT molecular complexity index is 1060. The highest BCUT2D eigenvalue weighted by Gasteiger charge is 2.33. The molecule has 1 fully saturated rings. The number of carbonyl (C=O) groups excluding carboxylic acids is 2. The van der Waals surface area contributed by atoms with Gasteiger partial charge in [0.2, 0.25) is 0 Å². The van der Waals surface area contributed by atoms with Crippen LogP contribution in [-0.4, -0.2) is 20.9 Å². The van der Waals surface area contributed by atoms with Crippen molar-refractivity contribution in [2.45, 2.75) is 6.92 Å². The van der Waals surface area contributed by atoms with Crippen molar-refractivity contribution >= 4 is 57.4 Å². The van der Waals surface area contributed by atoms with E-state index in [9.17, 15) is 19.7 Å². The molecule has 0 saturated carbocycles. The van der Waals surface area contributed by atoms with Crippen LogP contribution >= 0.6 is 24.0 Å². The molecule has 2 aromatic rings. The van der Waals surface area contributed by atoms with Crippen LogP contribution in [0.25, 0.3) is 6.08 Å². The summed E-state index contributed by atoms with van der Waals surface area (Å²) in [7, 11) is 0. The molecule has 1 aliphatic rings. The van der Waals surface area contributed by atoms with Gasteiger partial charge in [-0.15, -0.1) is 0 Å². The van der Waals surface area contributed by atoms with E-state index in [0.717, 1.165) is 11.8 Å². The van der Waals surface area contributed by atoms with Gasteiger partial charge in [-0.1, -0.05) is 54.3 Å². The molecule has 0 aromatic heterocycles. The minimum Gasteiger partial charge on any atom is -0.295 e. The van der Waals surface area contributed by atoms with E-state index in [1.165, 1.54) is 17.9 Å². The van der Waals surface area contributed by atoms with Crippen LogP contribution < -0.4 is 4.90 Å². The van der Waals surface area contributed by atoms with Crippen molar-refractivity contribution in [3.8, 4) is 0 Å². The fourth-order valence-corrected chi connectivity index (χ4v) is 3.85. The van der Waals surface area contributed by atoms with E-state index in [2.05, 4.69) is 0 Å². The van der Waals surface area contributed by atoms with E-state index in [1.54, 1.807) is 60.7 Å². The summed E-state index contributed by atoms with van der Waals surface area (Å²) in [5.74, 6) is -0.405. The average Bonchev–Trinajstić information content (AvgIpc) is 2.95. The molecule has 2 aromatic carbocycles. The van der Waals surface area contributed by atoms with Gasteiger partial charge in [0.25, 0.3) is 11.6 Å². The van der Waals surface area contributed by atoms with E-state index in [-0.39, 0.29) is 17.4 Å². The van der Waals surface area contributed by atoms with Gasteiger partial charge in [-0.25, -0.2) is 0 Å². The Kier molecular flexibility index (Phi) is 5.81. The predicted octanol–water partition coefficient (Wildman–Crippen LogP) is 4.76. The van der Waals surface area contributed by atoms with Crippen LogP contribution in [0.4, 0.5) is 11.4 Å². The summed E-state index contributed by atoms with van der Waals surface area (Å²) in [5.41, 5.74) is 1.45. The first-order chi connectivity index (χ1) is 13.4. The first kappa shape index (κ1) is 19.7. The van der Waals surface area contributed by atoms with Crippen LogP contribution in [0.5, 0.6) is 0 Å². The molecule has 0 radical (unpaired) electrons. The molecule has 8 heteroatoms. The monoisotopic (exact) mass is 410 g/mol. The third kappa shape index (κ3) is 4.08. The summed E-state index contributed by atoms with van der Waals surface area (Å²) in [4.78, 5) is 36.7. The number of benzene rings is 2. The normalized spacial score (nSPS) is 15.6. The number of rotatable bonds is 5. The Hall–Kier alpha value is -3.10. The largest absolute Gasteiger partial charge is 0.295 e. The topological polar surface area (TPSA) is 80.5 Å². The van der Waals surface area contributed by atoms with Crippen LogP contribution in [0.1, 0.15) is 22.8 Å². The quantitative estimate of drug-likeness (QED) is 0.232. The number of nitro groups is 1. The number of nitrogens with zero attached hydrogens (tertiary/aromatic N) is 2. The number of anilines is 1. The zero-order valence-electron chi connectivity index (χ0n) is 14.7. The molecule has 0 aliphatic carbocycles. The molecular weight excluding hydrogens is 396 g/mol. The average molecular weight is 410 g/mol. The van der Waals surface area contributed by atoms with Crippen LogP contribution in [-0.2, 0) is 4.79 Å². The summed E-state index contributed by atoms with van der Waals surface area (Å²) in [6.07, 6.45) is 4.73. The molecule has 1 heterocycles. The SMILES string of the molecule is CC(=O)c1cccc(N2C(=O)/C(=C/C=C/c3ccccc3[N+](=O)[O-])SC2=S)c1. The van der Waals surface area contributed by atoms with Crippen LogP contribution in [0, 0.1) is 10.1 Å². The summed E-state index contributed by atoms with van der Waals surface area (Å²) in [6, 6.07) is 13.0. The van der Waals surface area contributed by atoms with Crippen LogP contribution in [0.3, 0.4) is 0 Å². The summed E-state index contributed by atoms with van der Waals surface area (Å²) >= 11 is 6.45. The standard InChI is InChI=1S/C20H14N2O4S2/c1-13(23)15-8-4-9-16(12-15)21-19(24)18(28-20(21)27)11-5-7-14-6-2-3-10-17(14)22(25)26/h2-12H,1H3/b7-5+,18-11-. The van der Waals surface area contributed by atoms with Crippen molar-refractivity contribution in [3.05, 3.63) is 86.8 Å². The Labute approximate surface area is 170 Å². The molecule has 28 heavy (non-hydrogen) atoms. The molecule has 0 spiro atoms. The molecule has 140 valence electrons. The smallest absolute Gasteiger partial charge is 0.276 e. The fourth-order valence-electron chi connectivity index (χ4n) is 2.60. The van der Waals surface area contributed by atoms with Crippen molar-refractivity contribution < 1.29 is 14.5 Å². The van der Waals surface area contributed by atoms with Gasteiger partial charge in [0.1, 0.15) is 0 Å². The molecular formula is C20H14N2O4S2. The fraction of sp³-hybridized carbons (Fsp3) is 0.0500. The Morgan fingerprint density at radius 1 is 1.21 bits per heavy atom. The van der Waals surface area contributed by atoms with Gasteiger partial charge < -0.3 is 0 Å². The van der Waals surface area contributed by atoms with Gasteiger partial charge in [0, 0.05) is 11.6 Å². The van der Waals surface area contributed by atoms with Gasteiger partial charge in [-0.3, -0.25) is 24.6 Å². The molecule has 1 saturated heterocycles.